The van der Waals surface area contributed by atoms with E-state index in [2.05, 4.69) is 37.6 Å². The Kier molecular flexibility index (Phi) is 9.29. The quantitative estimate of drug-likeness (QED) is 0.378. The first-order valence-corrected chi connectivity index (χ1v) is 12.5. The number of carbonyl (C=O) groups is 2. The van der Waals surface area contributed by atoms with Gasteiger partial charge in [-0.1, -0.05) is 24.6 Å². The minimum atomic E-state index is -0.0935. The summed E-state index contributed by atoms with van der Waals surface area (Å²) in [7, 11) is 1.59. The molecule has 0 radical (unpaired) electrons. The Balaban J connectivity index is 1.56. The van der Waals surface area contributed by atoms with Gasteiger partial charge >= 0.3 is 0 Å². The summed E-state index contributed by atoms with van der Waals surface area (Å²) < 4.78 is 7.25. The third-order valence-electron chi connectivity index (χ3n) is 6.12. The van der Waals surface area contributed by atoms with Crippen LogP contribution >= 0.6 is 0 Å². The van der Waals surface area contributed by atoms with Crippen molar-refractivity contribution < 1.29 is 14.3 Å². The van der Waals surface area contributed by atoms with E-state index in [9.17, 15) is 9.59 Å². The first-order chi connectivity index (χ1) is 16.8. The Morgan fingerprint density at radius 3 is 2.46 bits per heavy atom. The number of imidazole rings is 1. The van der Waals surface area contributed by atoms with Gasteiger partial charge in [0.05, 0.1) is 18.1 Å². The molecule has 0 aliphatic rings. The number of benzene rings is 2. The molecule has 1 aromatic heterocycles. The molecule has 0 spiro atoms. The third kappa shape index (κ3) is 6.84. The number of aryl methyl sites for hydroxylation is 1. The number of methoxy groups -OCH3 is 1. The summed E-state index contributed by atoms with van der Waals surface area (Å²) in [4.78, 5) is 32.3. The van der Waals surface area contributed by atoms with Crippen molar-refractivity contribution in [2.45, 2.75) is 72.0 Å². The summed E-state index contributed by atoms with van der Waals surface area (Å²) in [5.41, 5.74) is 2.51. The lowest BCUT2D eigenvalue weighted by Gasteiger charge is -2.31. The van der Waals surface area contributed by atoms with Crippen LogP contribution in [-0.4, -0.2) is 52.0 Å². The largest absolute Gasteiger partial charge is 0.497 e. The first-order valence-electron chi connectivity index (χ1n) is 12.5. The molecule has 35 heavy (non-hydrogen) atoms. The number of para-hydroxylation sites is 2. The number of ether oxygens (including phenoxy) is 1. The summed E-state index contributed by atoms with van der Waals surface area (Å²) in [6, 6.07) is 15.4. The fourth-order valence-electron chi connectivity index (χ4n) is 4.54. The van der Waals surface area contributed by atoms with Crippen molar-refractivity contribution in [1.29, 1.82) is 0 Å². The van der Waals surface area contributed by atoms with Crippen LogP contribution in [-0.2, 0) is 17.8 Å². The molecule has 7 nitrogen and oxygen atoms in total. The third-order valence-corrected chi connectivity index (χ3v) is 6.12. The van der Waals surface area contributed by atoms with Crippen LogP contribution in [0.2, 0.25) is 0 Å². The van der Waals surface area contributed by atoms with E-state index in [-0.39, 0.29) is 23.9 Å². The Hall–Kier alpha value is -3.35. The fourth-order valence-corrected chi connectivity index (χ4v) is 4.54. The van der Waals surface area contributed by atoms with Gasteiger partial charge in [-0.05, 0) is 70.9 Å². The zero-order valence-corrected chi connectivity index (χ0v) is 21.6. The molecule has 0 aliphatic heterocycles. The smallest absolute Gasteiger partial charge is 0.251 e. The van der Waals surface area contributed by atoms with Crippen LogP contribution in [0.25, 0.3) is 11.0 Å². The SMILES string of the molecule is COc1cccc(C(=O)NCCCCCc2nc3ccccc3n2CC(=O)N(C(C)C)C(C)C)c1. The average Bonchev–Trinajstić information content (AvgIpc) is 3.17. The van der Waals surface area contributed by atoms with Crippen LogP contribution < -0.4 is 10.1 Å². The number of aromatic nitrogens is 2. The molecule has 0 atom stereocenters. The maximum absolute atomic E-state index is 13.2. The van der Waals surface area contributed by atoms with Gasteiger partial charge in [0.1, 0.15) is 18.1 Å². The highest BCUT2D eigenvalue weighted by Crippen LogP contribution is 2.19. The van der Waals surface area contributed by atoms with E-state index in [1.54, 1.807) is 19.2 Å². The summed E-state index contributed by atoms with van der Waals surface area (Å²) >= 11 is 0. The van der Waals surface area contributed by atoms with Gasteiger partial charge < -0.3 is 19.5 Å². The van der Waals surface area contributed by atoms with Crippen LogP contribution in [0, 0.1) is 0 Å². The molecule has 3 rings (SSSR count). The van der Waals surface area contributed by atoms with E-state index in [4.69, 9.17) is 9.72 Å². The second-order valence-electron chi connectivity index (χ2n) is 9.39. The highest BCUT2D eigenvalue weighted by molar-refractivity contribution is 5.94. The van der Waals surface area contributed by atoms with Crippen molar-refractivity contribution >= 4 is 22.8 Å². The molecule has 188 valence electrons. The van der Waals surface area contributed by atoms with Gasteiger partial charge in [-0.2, -0.15) is 0 Å². The van der Waals surface area contributed by atoms with Crippen molar-refractivity contribution in [2.24, 2.45) is 0 Å². The topological polar surface area (TPSA) is 76.5 Å². The lowest BCUT2D eigenvalue weighted by molar-refractivity contribution is -0.135. The molecule has 2 aromatic carbocycles. The van der Waals surface area contributed by atoms with Gasteiger partial charge in [0, 0.05) is 30.6 Å². The van der Waals surface area contributed by atoms with Gasteiger partial charge in [-0.3, -0.25) is 9.59 Å². The van der Waals surface area contributed by atoms with E-state index < -0.39 is 0 Å². The van der Waals surface area contributed by atoms with Crippen molar-refractivity contribution in [2.75, 3.05) is 13.7 Å². The molecular weight excluding hydrogens is 440 g/mol. The standard InChI is InChI=1S/C28H38N4O3/c1-20(2)32(21(3)4)27(33)19-31-25-15-9-8-14-24(25)30-26(31)16-7-6-10-17-29-28(34)22-12-11-13-23(18-22)35-5/h8-9,11-15,18,20-21H,6-7,10,16-17,19H2,1-5H3,(H,29,34). The number of hydrogen-bond donors (Lipinski definition) is 1. The molecule has 1 heterocycles. The summed E-state index contributed by atoms with van der Waals surface area (Å²) in [6.45, 7) is 9.12. The van der Waals surface area contributed by atoms with E-state index >= 15 is 0 Å². The lowest BCUT2D eigenvalue weighted by atomic mass is 10.1. The zero-order chi connectivity index (χ0) is 25.4. The zero-order valence-electron chi connectivity index (χ0n) is 21.6. The van der Waals surface area contributed by atoms with Crippen LogP contribution in [0.3, 0.4) is 0 Å². The predicted octanol–water partition coefficient (Wildman–Crippen LogP) is 4.83. The van der Waals surface area contributed by atoms with E-state index in [1.165, 1.54) is 0 Å². The number of nitrogens with zero attached hydrogens (tertiary/aromatic N) is 3. The predicted molar refractivity (Wildman–Crippen MR) is 140 cm³/mol. The maximum Gasteiger partial charge on any atom is 0.251 e. The summed E-state index contributed by atoms with van der Waals surface area (Å²) in [5, 5.41) is 2.98. The first kappa shape index (κ1) is 26.3. The Morgan fingerprint density at radius 1 is 1.00 bits per heavy atom. The molecule has 0 saturated carbocycles. The number of unbranched alkanes of at least 4 members (excludes halogenated alkanes) is 2. The van der Waals surface area contributed by atoms with Crippen LogP contribution in [0.4, 0.5) is 0 Å². The Morgan fingerprint density at radius 2 is 1.74 bits per heavy atom. The van der Waals surface area contributed by atoms with Crippen molar-refractivity contribution in [3.05, 3.63) is 59.9 Å². The van der Waals surface area contributed by atoms with Gasteiger partial charge in [0.15, 0.2) is 0 Å². The van der Waals surface area contributed by atoms with Crippen molar-refractivity contribution in [3.63, 3.8) is 0 Å². The minimum absolute atomic E-state index is 0.0935. The van der Waals surface area contributed by atoms with Crippen molar-refractivity contribution in [1.82, 2.24) is 19.8 Å². The summed E-state index contributed by atoms with van der Waals surface area (Å²) in [6.07, 6.45) is 3.56. The number of amides is 2. The molecule has 7 heteroatoms. The Labute approximate surface area is 208 Å². The van der Waals surface area contributed by atoms with Gasteiger partial charge in [-0.25, -0.2) is 4.98 Å². The maximum atomic E-state index is 13.2. The number of rotatable bonds is 12. The van der Waals surface area contributed by atoms with E-state index in [0.717, 1.165) is 42.5 Å². The van der Waals surface area contributed by atoms with Crippen LogP contribution in [0.15, 0.2) is 48.5 Å². The second kappa shape index (κ2) is 12.4. The number of carbonyl (C=O) groups excluding carboxylic acids is 2. The number of hydrogen-bond acceptors (Lipinski definition) is 4. The molecule has 0 aliphatic carbocycles. The molecule has 0 unspecified atom stereocenters. The summed E-state index contributed by atoms with van der Waals surface area (Å²) in [5.74, 6) is 1.63. The monoisotopic (exact) mass is 478 g/mol. The van der Waals surface area contributed by atoms with E-state index in [1.807, 2.05) is 41.3 Å². The molecule has 0 bridgehead atoms. The average molecular weight is 479 g/mol. The van der Waals surface area contributed by atoms with Crippen LogP contribution in [0.5, 0.6) is 5.75 Å². The highest BCUT2D eigenvalue weighted by Gasteiger charge is 2.22. The van der Waals surface area contributed by atoms with Crippen LogP contribution in [0.1, 0.15) is 63.1 Å². The van der Waals surface area contributed by atoms with Gasteiger partial charge in [0.2, 0.25) is 5.91 Å². The Bertz CT molecular complexity index is 1130. The highest BCUT2D eigenvalue weighted by atomic mass is 16.5. The van der Waals surface area contributed by atoms with Gasteiger partial charge in [-0.15, -0.1) is 0 Å². The van der Waals surface area contributed by atoms with Crippen molar-refractivity contribution in [3.8, 4) is 5.75 Å². The molecule has 1 N–H and O–H groups in total. The molecule has 0 fully saturated rings. The van der Waals surface area contributed by atoms with E-state index in [0.29, 0.717) is 24.4 Å². The normalized spacial score (nSPS) is 11.3. The lowest BCUT2D eigenvalue weighted by Crippen LogP contribution is -2.43. The number of fused-ring (bicyclic) bond motifs is 1. The second-order valence-corrected chi connectivity index (χ2v) is 9.39. The molecule has 0 saturated heterocycles. The molecule has 2 amide bonds. The minimum Gasteiger partial charge on any atom is -0.497 e. The molecular formula is C28H38N4O3. The fraction of sp³-hybridized carbons (Fsp3) is 0.464. The molecule has 3 aromatic rings. The van der Waals surface area contributed by atoms with Gasteiger partial charge in [0.25, 0.3) is 5.91 Å². The number of nitrogens with one attached hydrogen (secondary N) is 1.